The molecule has 174 valence electrons. The molecule has 2 heterocycles. The van der Waals surface area contributed by atoms with Crippen LogP contribution in [0.15, 0.2) is 41.6 Å². The Morgan fingerprint density at radius 2 is 1.88 bits per heavy atom. The number of hydrogen-bond acceptors (Lipinski definition) is 6. The molecular weight excluding hydrogens is 450 g/mol. The van der Waals surface area contributed by atoms with Gasteiger partial charge in [-0.1, -0.05) is 36.0 Å². The molecule has 2 aromatic carbocycles. The summed E-state index contributed by atoms with van der Waals surface area (Å²) >= 11 is 3.43. The second-order valence-electron chi connectivity index (χ2n) is 8.47. The maximum Gasteiger partial charge on any atom is 0.234 e. The monoisotopic (exact) mass is 481 g/mol. The van der Waals surface area contributed by atoms with E-state index in [1.165, 1.54) is 34.4 Å². The van der Waals surface area contributed by atoms with Gasteiger partial charge in [0.05, 0.1) is 11.4 Å². The fourth-order valence-corrected chi connectivity index (χ4v) is 5.75. The van der Waals surface area contributed by atoms with Crippen molar-refractivity contribution in [2.75, 3.05) is 35.7 Å². The Bertz CT molecular complexity index is 1140. The molecule has 0 bridgehead atoms. The molecule has 1 fully saturated rings. The summed E-state index contributed by atoms with van der Waals surface area (Å²) < 4.78 is 2.03. The summed E-state index contributed by atoms with van der Waals surface area (Å²) in [5.74, 6) is 3.43. The first-order chi connectivity index (χ1) is 15.9. The van der Waals surface area contributed by atoms with Gasteiger partial charge in [0.15, 0.2) is 5.16 Å². The Hall–Kier alpha value is -2.29. The quantitative estimate of drug-likeness (QED) is 0.490. The first-order valence-corrected chi connectivity index (χ1v) is 13.4. The smallest absolute Gasteiger partial charge is 0.234 e. The minimum absolute atomic E-state index is 0.0391. The maximum atomic E-state index is 12.8. The summed E-state index contributed by atoms with van der Waals surface area (Å²) in [5.41, 5.74) is 6.68. The third-order valence-electron chi connectivity index (χ3n) is 5.95. The molecule has 1 saturated heterocycles. The van der Waals surface area contributed by atoms with Gasteiger partial charge in [-0.05, 0) is 62.1 Å². The SMILES string of the molecule is Cc1ccc(C)c(-n2c(C)nnc2SCC(=O)Nc2cccc(CN3CCSCC3)c2C)c1. The summed E-state index contributed by atoms with van der Waals surface area (Å²) in [7, 11) is 0. The lowest BCUT2D eigenvalue weighted by molar-refractivity contribution is -0.113. The van der Waals surface area contributed by atoms with Crippen LogP contribution >= 0.6 is 23.5 Å². The van der Waals surface area contributed by atoms with Crippen molar-refractivity contribution in [1.29, 1.82) is 0 Å². The van der Waals surface area contributed by atoms with Gasteiger partial charge in [0.1, 0.15) is 5.82 Å². The molecule has 0 atom stereocenters. The molecule has 0 saturated carbocycles. The van der Waals surface area contributed by atoms with E-state index in [1.807, 2.05) is 35.4 Å². The van der Waals surface area contributed by atoms with E-state index >= 15 is 0 Å². The van der Waals surface area contributed by atoms with Crippen LogP contribution in [0.25, 0.3) is 5.69 Å². The van der Waals surface area contributed by atoms with Crippen LogP contribution in [0.4, 0.5) is 5.69 Å². The fourth-order valence-electron chi connectivity index (χ4n) is 3.98. The normalized spacial score (nSPS) is 14.4. The third kappa shape index (κ3) is 5.80. The lowest BCUT2D eigenvalue weighted by Gasteiger charge is -2.27. The number of carbonyl (C=O) groups is 1. The van der Waals surface area contributed by atoms with E-state index in [2.05, 4.69) is 65.5 Å². The third-order valence-corrected chi connectivity index (χ3v) is 7.82. The number of aryl methyl sites for hydroxylation is 3. The fraction of sp³-hybridized carbons (Fsp3) is 0.400. The molecule has 8 heteroatoms. The Kier molecular flexibility index (Phi) is 7.78. The average molecular weight is 482 g/mol. The van der Waals surface area contributed by atoms with Gasteiger partial charge in [-0.15, -0.1) is 10.2 Å². The number of nitrogens with one attached hydrogen (secondary N) is 1. The number of nitrogens with zero attached hydrogens (tertiary/aromatic N) is 4. The molecule has 1 aromatic heterocycles. The zero-order valence-electron chi connectivity index (χ0n) is 19.7. The highest BCUT2D eigenvalue weighted by molar-refractivity contribution is 7.99. The Labute approximate surface area is 204 Å². The van der Waals surface area contributed by atoms with Crippen LogP contribution in [-0.2, 0) is 11.3 Å². The standard InChI is InChI=1S/C25H31N5OS2/c1-17-8-9-18(2)23(14-17)30-20(4)27-28-25(30)33-16-24(31)26-22-7-5-6-21(19(22)3)15-29-10-12-32-13-11-29/h5-9,14H,10-13,15-16H2,1-4H3,(H,26,31). The van der Waals surface area contributed by atoms with Crippen molar-refractivity contribution >= 4 is 35.1 Å². The van der Waals surface area contributed by atoms with E-state index in [4.69, 9.17) is 0 Å². The minimum atomic E-state index is -0.0391. The zero-order chi connectivity index (χ0) is 23.4. The number of hydrogen-bond donors (Lipinski definition) is 1. The Morgan fingerprint density at radius 1 is 1.09 bits per heavy atom. The first-order valence-electron chi connectivity index (χ1n) is 11.2. The number of amides is 1. The summed E-state index contributed by atoms with van der Waals surface area (Å²) in [6.45, 7) is 11.4. The van der Waals surface area contributed by atoms with Crippen molar-refractivity contribution in [2.45, 2.75) is 39.4 Å². The molecule has 33 heavy (non-hydrogen) atoms. The molecule has 4 rings (SSSR count). The molecule has 0 unspecified atom stereocenters. The van der Waals surface area contributed by atoms with E-state index in [1.54, 1.807) is 0 Å². The summed E-state index contributed by atoms with van der Waals surface area (Å²) in [5, 5.41) is 12.4. The lowest BCUT2D eigenvalue weighted by Crippen LogP contribution is -2.32. The average Bonchev–Trinajstić information content (AvgIpc) is 3.17. The van der Waals surface area contributed by atoms with Gasteiger partial charge < -0.3 is 5.32 Å². The second-order valence-corrected chi connectivity index (χ2v) is 10.6. The maximum absolute atomic E-state index is 12.8. The molecule has 1 aliphatic rings. The van der Waals surface area contributed by atoms with Gasteiger partial charge >= 0.3 is 0 Å². The highest BCUT2D eigenvalue weighted by atomic mass is 32.2. The highest BCUT2D eigenvalue weighted by Gasteiger charge is 2.17. The van der Waals surface area contributed by atoms with E-state index in [0.29, 0.717) is 0 Å². The van der Waals surface area contributed by atoms with Gasteiger partial charge in [-0.25, -0.2) is 0 Å². The Morgan fingerprint density at radius 3 is 2.67 bits per heavy atom. The number of thioether (sulfide) groups is 2. The van der Waals surface area contributed by atoms with Crippen molar-refractivity contribution in [1.82, 2.24) is 19.7 Å². The number of anilines is 1. The predicted molar refractivity (Wildman–Crippen MR) is 139 cm³/mol. The van der Waals surface area contributed by atoms with Crippen LogP contribution in [0.2, 0.25) is 0 Å². The van der Waals surface area contributed by atoms with Crippen molar-refractivity contribution in [3.63, 3.8) is 0 Å². The van der Waals surface area contributed by atoms with Crippen LogP contribution < -0.4 is 5.32 Å². The lowest BCUT2D eigenvalue weighted by atomic mass is 10.1. The topological polar surface area (TPSA) is 63.1 Å². The van der Waals surface area contributed by atoms with Gasteiger partial charge in [-0.2, -0.15) is 11.8 Å². The predicted octanol–water partition coefficient (Wildman–Crippen LogP) is 4.78. The molecule has 6 nitrogen and oxygen atoms in total. The molecule has 1 amide bonds. The number of benzene rings is 2. The Balaban J connectivity index is 1.43. The summed E-state index contributed by atoms with van der Waals surface area (Å²) in [4.78, 5) is 15.3. The molecule has 0 radical (unpaired) electrons. The van der Waals surface area contributed by atoms with Crippen molar-refractivity contribution in [2.24, 2.45) is 0 Å². The summed E-state index contributed by atoms with van der Waals surface area (Å²) in [6, 6.07) is 12.5. The number of carbonyl (C=O) groups excluding carboxylic acids is 1. The van der Waals surface area contributed by atoms with Crippen molar-refractivity contribution in [3.8, 4) is 5.69 Å². The molecule has 0 aliphatic carbocycles. The van der Waals surface area contributed by atoms with Gasteiger partial charge in [0.2, 0.25) is 5.91 Å². The van der Waals surface area contributed by atoms with E-state index in [9.17, 15) is 4.79 Å². The van der Waals surface area contributed by atoms with Crippen molar-refractivity contribution in [3.05, 3.63) is 64.5 Å². The largest absolute Gasteiger partial charge is 0.325 e. The first kappa shape index (κ1) is 23.9. The van der Waals surface area contributed by atoms with Gasteiger partial charge in [0, 0.05) is 36.8 Å². The van der Waals surface area contributed by atoms with Crippen LogP contribution in [0.5, 0.6) is 0 Å². The zero-order valence-corrected chi connectivity index (χ0v) is 21.4. The molecular formula is C25H31N5OS2. The molecule has 1 N–H and O–H groups in total. The van der Waals surface area contributed by atoms with Gasteiger partial charge in [0.25, 0.3) is 0 Å². The van der Waals surface area contributed by atoms with Crippen molar-refractivity contribution < 1.29 is 4.79 Å². The highest BCUT2D eigenvalue weighted by Crippen LogP contribution is 2.26. The van der Waals surface area contributed by atoms with E-state index < -0.39 is 0 Å². The van der Waals surface area contributed by atoms with Gasteiger partial charge in [-0.3, -0.25) is 14.3 Å². The summed E-state index contributed by atoms with van der Waals surface area (Å²) in [6.07, 6.45) is 0. The number of rotatable bonds is 7. The van der Waals surface area contributed by atoms with E-state index in [0.717, 1.165) is 53.1 Å². The van der Waals surface area contributed by atoms with E-state index in [-0.39, 0.29) is 11.7 Å². The second kappa shape index (κ2) is 10.8. The van der Waals surface area contributed by atoms with Crippen LogP contribution in [0.3, 0.4) is 0 Å². The van der Waals surface area contributed by atoms with Crippen LogP contribution in [0.1, 0.15) is 28.1 Å². The molecule has 0 spiro atoms. The molecule has 1 aliphatic heterocycles. The number of aromatic nitrogens is 3. The molecule has 3 aromatic rings. The van der Waals surface area contributed by atoms with Crippen LogP contribution in [-0.4, -0.2) is 55.9 Å². The van der Waals surface area contributed by atoms with Crippen LogP contribution in [0, 0.1) is 27.7 Å². The minimum Gasteiger partial charge on any atom is -0.325 e.